The summed E-state index contributed by atoms with van der Waals surface area (Å²) in [4.78, 5) is 17.0. The second kappa shape index (κ2) is 8.70. The molecule has 0 spiro atoms. The lowest BCUT2D eigenvalue weighted by molar-refractivity contribution is -0.126. The molecule has 2 rings (SSSR count). The summed E-state index contributed by atoms with van der Waals surface area (Å²) in [7, 11) is 0. The molecule has 1 aromatic rings. The van der Waals surface area contributed by atoms with Crippen molar-refractivity contribution >= 4 is 12.1 Å². The molecule has 4 heteroatoms. The predicted octanol–water partition coefficient (Wildman–Crippen LogP) is 3.86. The number of benzene rings is 1. The third kappa shape index (κ3) is 5.70. The molecule has 1 fully saturated rings. The quantitative estimate of drug-likeness (QED) is 0.640. The second-order valence-electron chi connectivity index (χ2n) is 6.77. The van der Waals surface area contributed by atoms with Gasteiger partial charge in [0.05, 0.1) is 6.21 Å². The highest BCUT2D eigenvalue weighted by atomic mass is 16.6. The highest BCUT2D eigenvalue weighted by Crippen LogP contribution is 2.23. The standard InChI is InChI=1S/C19H28N2O2/c1-14(2)17-10-8-16(9-11-17)12-20-23-13-19(22)21-18-7-5-4-6-15(18)3/h8-12,14-15,18H,4-7,13H2,1-3H3,(H,21,22)/b20-12-/t15-,18+/m0/s1. The topological polar surface area (TPSA) is 50.7 Å². The predicted molar refractivity (Wildman–Crippen MR) is 93.6 cm³/mol. The van der Waals surface area contributed by atoms with Crippen LogP contribution in [0.1, 0.15) is 63.5 Å². The van der Waals surface area contributed by atoms with Crippen LogP contribution in [0.5, 0.6) is 0 Å². The van der Waals surface area contributed by atoms with Crippen molar-refractivity contribution in [3.05, 3.63) is 35.4 Å². The molecule has 126 valence electrons. The van der Waals surface area contributed by atoms with Gasteiger partial charge in [-0.1, -0.05) is 63.0 Å². The second-order valence-corrected chi connectivity index (χ2v) is 6.77. The monoisotopic (exact) mass is 316 g/mol. The maximum absolute atomic E-state index is 11.9. The highest BCUT2D eigenvalue weighted by Gasteiger charge is 2.22. The van der Waals surface area contributed by atoms with Crippen LogP contribution in [-0.2, 0) is 9.63 Å². The minimum atomic E-state index is -0.0870. The van der Waals surface area contributed by atoms with Gasteiger partial charge in [0.25, 0.3) is 5.91 Å². The lowest BCUT2D eigenvalue weighted by atomic mass is 9.86. The van der Waals surface area contributed by atoms with Crippen molar-refractivity contribution in [3.8, 4) is 0 Å². The summed E-state index contributed by atoms with van der Waals surface area (Å²) < 4.78 is 0. The molecule has 0 aliphatic heterocycles. The number of hydrogen-bond donors (Lipinski definition) is 1. The van der Waals surface area contributed by atoms with E-state index in [0.717, 1.165) is 12.0 Å². The lowest BCUT2D eigenvalue weighted by Crippen LogP contribution is -2.42. The van der Waals surface area contributed by atoms with Crippen molar-refractivity contribution in [2.45, 2.75) is 58.4 Å². The Morgan fingerprint density at radius 3 is 2.65 bits per heavy atom. The summed E-state index contributed by atoms with van der Waals surface area (Å²) in [5.41, 5.74) is 2.26. The van der Waals surface area contributed by atoms with Crippen LogP contribution < -0.4 is 5.32 Å². The molecular formula is C19H28N2O2. The minimum absolute atomic E-state index is 0.0240. The van der Waals surface area contributed by atoms with E-state index >= 15 is 0 Å². The van der Waals surface area contributed by atoms with Crippen molar-refractivity contribution in [2.75, 3.05) is 6.61 Å². The van der Waals surface area contributed by atoms with Gasteiger partial charge in [-0.05, 0) is 35.8 Å². The van der Waals surface area contributed by atoms with Gasteiger partial charge in [0.15, 0.2) is 6.61 Å². The first-order valence-corrected chi connectivity index (χ1v) is 8.61. The summed E-state index contributed by atoms with van der Waals surface area (Å²) in [5, 5.41) is 6.93. The van der Waals surface area contributed by atoms with E-state index in [-0.39, 0.29) is 18.6 Å². The maximum Gasteiger partial charge on any atom is 0.261 e. The molecule has 0 unspecified atom stereocenters. The molecule has 1 saturated carbocycles. The molecule has 1 aliphatic rings. The molecule has 0 radical (unpaired) electrons. The highest BCUT2D eigenvalue weighted by molar-refractivity contribution is 5.80. The number of rotatable bonds is 6. The molecule has 0 aromatic heterocycles. The van der Waals surface area contributed by atoms with E-state index in [4.69, 9.17) is 4.84 Å². The van der Waals surface area contributed by atoms with E-state index in [9.17, 15) is 4.79 Å². The van der Waals surface area contributed by atoms with E-state index in [1.54, 1.807) is 6.21 Å². The van der Waals surface area contributed by atoms with Crippen molar-refractivity contribution in [1.29, 1.82) is 0 Å². The number of nitrogens with one attached hydrogen (secondary N) is 1. The fourth-order valence-electron chi connectivity index (χ4n) is 2.94. The van der Waals surface area contributed by atoms with Crippen molar-refractivity contribution in [3.63, 3.8) is 0 Å². The Labute approximate surface area is 139 Å². The van der Waals surface area contributed by atoms with Crippen LogP contribution in [0, 0.1) is 5.92 Å². The summed E-state index contributed by atoms with van der Waals surface area (Å²) >= 11 is 0. The molecule has 1 aromatic carbocycles. The van der Waals surface area contributed by atoms with Gasteiger partial charge in [-0.2, -0.15) is 0 Å². The van der Waals surface area contributed by atoms with E-state index in [0.29, 0.717) is 11.8 Å². The first kappa shape index (κ1) is 17.5. The van der Waals surface area contributed by atoms with Crippen LogP contribution in [0.15, 0.2) is 29.4 Å². The number of nitrogens with zero attached hydrogens (tertiary/aromatic N) is 1. The fourth-order valence-corrected chi connectivity index (χ4v) is 2.94. The number of carbonyl (C=O) groups excluding carboxylic acids is 1. The van der Waals surface area contributed by atoms with Crippen LogP contribution in [0.25, 0.3) is 0 Å². The van der Waals surface area contributed by atoms with Crippen molar-refractivity contribution < 1.29 is 9.63 Å². The Morgan fingerprint density at radius 2 is 2.00 bits per heavy atom. The number of hydrogen-bond acceptors (Lipinski definition) is 3. The molecule has 4 nitrogen and oxygen atoms in total. The van der Waals surface area contributed by atoms with Gasteiger partial charge in [-0.3, -0.25) is 4.79 Å². The molecule has 2 atom stereocenters. The van der Waals surface area contributed by atoms with Gasteiger partial charge in [0.2, 0.25) is 0 Å². The molecule has 0 bridgehead atoms. The van der Waals surface area contributed by atoms with Crippen LogP contribution in [-0.4, -0.2) is 24.8 Å². The summed E-state index contributed by atoms with van der Waals surface area (Å²) in [5.74, 6) is 0.981. The van der Waals surface area contributed by atoms with Gasteiger partial charge in [0, 0.05) is 6.04 Å². The van der Waals surface area contributed by atoms with Crippen molar-refractivity contribution in [1.82, 2.24) is 5.32 Å². The van der Waals surface area contributed by atoms with E-state index < -0.39 is 0 Å². The molecule has 0 saturated heterocycles. The Balaban J connectivity index is 1.72. The Kier molecular flexibility index (Phi) is 6.63. The summed E-state index contributed by atoms with van der Waals surface area (Å²) in [6.07, 6.45) is 6.36. The number of oxime groups is 1. The smallest absolute Gasteiger partial charge is 0.261 e. The zero-order chi connectivity index (χ0) is 16.7. The molecule has 1 aliphatic carbocycles. The molecular weight excluding hydrogens is 288 g/mol. The Morgan fingerprint density at radius 1 is 1.30 bits per heavy atom. The Bertz CT molecular complexity index is 523. The fraction of sp³-hybridized carbons (Fsp3) is 0.579. The Hall–Kier alpha value is -1.84. The SMILES string of the molecule is CC(C)c1ccc(/C=N\OCC(=O)N[C@@H]2CCCC[C@@H]2C)cc1. The van der Waals surface area contributed by atoms with E-state index in [1.807, 2.05) is 12.1 Å². The van der Waals surface area contributed by atoms with Crippen LogP contribution in [0.2, 0.25) is 0 Å². The maximum atomic E-state index is 11.9. The zero-order valence-corrected chi connectivity index (χ0v) is 14.4. The molecule has 23 heavy (non-hydrogen) atoms. The molecule has 1 amide bonds. The number of carbonyl (C=O) groups is 1. The van der Waals surface area contributed by atoms with Crippen molar-refractivity contribution in [2.24, 2.45) is 11.1 Å². The van der Waals surface area contributed by atoms with E-state index in [2.05, 4.69) is 43.4 Å². The van der Waals surface area contributed by atoms with Crippen LogP contribution >= 0.6 is 0 Å². The zero-order valence-electron chi connectivity index (χ0n) is 14.4. The average molecular weight is 316 g/mol. The van der Waals surface area contributed by atoms with Crippen LogP contribution in [0.3, 0.4) is 0 Å². The van der Waals surface area contributed by atoms with Crippen LogP contribution in [0.4, 0.5) is 0 Å². The molecule has 0 heterocycles. The number of amides is 1. The van der Waals surface area contributed by atoms with Gasteiger partial charge in [0.1, 0.15) is 0 Å². The summed E-state index contributed by atoms with van der Waals surface area (Å²) in [6, 6.07) is 8.47. The lowest BCUT2D eigenvalue weighted by Gasteiger charge is -2.29. The van der Waals surface area contributed by atoms with Gasteiger partial charge in [-0.25, -0.2) is 0 Å². The van der Waals surface area contributed by atoms with E-state index in [1.165, 1.54) is 24.8 Å². The van der Waals surface area contributed by atoms with Gasteiger partial charge < -0.3 is 10.2 Å². The summed E-state index contributed by atoms with van der Waals surface area (Å²) in [6.45, 7) is 6.50. The normalized spacial score (nSPS) is 21.6. The first-order valence-electron chi connectivity index (χ1n) is 8.61. The van der Waals surface area contributed by atoms with Gasteiger partial charge in [-0.15, -0.1) is 0 Å². The molecule has 1 N–H and O–H groups in total. The average Bonchev–Trinajstić information content (AvgIpc) is 2.54. The first-order chi connectivity index (χ1) is 11.1. The third-order valence-corrected chi connectivity index (χ3v) is 4.53. The largest absolute Gasteiger partial charge is 0.386 e. The minimum Gasteiger partial charge on any atom is -0.386 e. The van der Waals surface area contributed by atoms with Gasteiger partial charge >= 0.3 is 0 Å². The third-order valence-electron chi connectivity index (χ3n) is 4.53.